The van der Waals surface area contributed by atoms with E-state index < -0.39 is 6.04 Å². The van der Waals surface area contributed by atoms with Gasteiger partial charge in [0.25, 0.3) is 0 Å². The minimum Gasteiger partial charge on any atom is -0.340 e. The van der Waals surface area contributed by atoms with Gasteiger partial charge < -0.3 is 10.2 Å². The minimum atomic E-state index is -0.437. The first-order valence-electron chi connectivity index (χ1n) is 7.97. The molecule has 1 N–H and O–H groups in total. The van der Waals surface area contributed by atoms with Crippen molar-refractivity contribution in [3.63, 3.8) is 0 Å². The first-order valence-corrected chi connectivity index (χ1v) is 7.97. The van der Waals surface area contributed by atoms with Crippen molar-refractivity contribution in [3.05, 3.63) is 30.3 Å². The van der Waals surface area contributed by atoms with Gasteiger partial charge in [0, 0.05) is 18.7 Å². The lowest BCUT2D eigenvalue weighted by atomic mass is 10.1. The molecular formula is C16H23ClN6O. The molecule has 130 valence electrons. The van der Waals surface area contributed by atoms with Crippen LogP contribution in [0.25, 0.3) is 11.4 Å². The molecule has 0 aliphatic carbocycles. The molecule has 1 aromatic heterocycles. The van der Waals surface area contributed by atoms with Gasteiger partial charge in [0.1, 0.15) is 6.04 Å². The van der Waals surface area contributed by atoms with Crippen molar-refractivity contribution in [2.75, 3.05) is 26.7 Å². The van der Waals surface area contributed by atoms with Crippen molar-refractivity contribution in [3.8, 4) is 11.4 Å². The molecule has 0 radical (unpaired) electrons. The molecule has 0 bridgehead atoms. The summed E-state index contributed by atoms with van der Waals surface area (Å²) in [5.74, 6) is 1.13. The largest absolute Gasteiger partial charge is 0.340 e. The highest BCUT2D eigenvalue weighted by atomic mass is 35.5. The van der Waals surface area contributed by atoms with E-state index in [9.17, 15) is 4.79 Å². The number of tetrazole rings is 1. The van der Waals surface area contributed by atoms with Crippen molar-refractivity contribution < 1.29 is 4.79 Å². The van der Waals surface area contributed by atoms with Gasteiger partial charge in [-0.3, -0.25) is 4.79 Å². The van der Waals surface area contributed by atoms with Crippen LogP contribution in [-0.4, -0.2) is 57.7 Å². The molecule has 2 heterocycles. The van der Waals surface area contributed by atoms with Gasteiger partial charge in [-0.25, -0.2) is 0 Å². The van der Waals surface area contributed by atoms with Crippen molar-refractivity contribution in [1.29, 1.82) is 0 Å². The number of benzene rings is 1. The Morgan fingerprint density at radius 1 is 1.38 bits per heavy atom. The molecule has 2 atom stereocenters. The van der Waals surface area contributed by atoms with Crippen molar-refractivity contribution in [1.82, 2.24) is 30.4 Å². The first-order chi connectivity index (χ1) is 11.2. The van der Waals surface area contributed by atoms with Gasteiger partial charge in [0.05, 0.1) is 0 Å². The lowest BCUT2D eigenvalue weighted by Crippen LogP contribution is -2.36. The van der Waals surface area contributed by atoms with Gasteiger partial charge >= 0.3 is 0 Å². The number of hydrogen-bond acceptors (Lipinski definition) is 5. The lowest BCUT2D eigenvalue weighted by Gasteiger charge is -2.20. The Balaban J connectivity index is 0.00000208. The number of carbonyl (C=O) groups excluding carboxylic acids is 1. The molecule has 3 rings (SSSR count). The maximum atomic E-state index is 12.6. The number of nitrogens with zero attached hydrogens (tertiary/aromatic N) is 5. The highest BCUT2D eigenvalue weighted by molar-refractivity contribution is 5.85. The van der Waals surface area contributed by atoms with E-state index in [1.54, 1.807) is 0 Å². The summed E-state index contributed by atoms with van der Waals surface area (Å²) < 4.78 is 0. The number of carbonyl (C=O) groups is 1. The van der Waals surface area contributed by atoms with E-state index in [2.05, 4.69) is 20.7 Å². The topological polar surface area (TPSA) is 75.9 Å². The summed E-state index contributed by atoms with van der Waals surface area (Å²) in [5.41, 5.74) is 0.897. The second kappa shape index (κ2) is 8.21. The zero-order valence-electron chi connectivity index (χ0n) is 13.9. The maximum Gasteiger partial charge on any atom is 0.249 e. The fourth-order valence-electron chi connectivity index (χ4n) is 2.94. The molecule has 2 aromatic rings. The zero-order valence-corrected chi connectivity index (χ0v) is 14.7. The number of aromatic nitrogens is 4. The Morgan fingerprint density at radius 2 is 2.12 bits per heavy atom. The Hall–Kier alpha value is -1.99. The quantitative estimate of drug-likeness (QED) is 0.882. The molecule has 1 amide bonds. The molecule has 1 aliphatic rings. The van der Waals surface area contributed by atoms with E-state index >= 15 is 0 Å². The van der Waals surface area contributed by atoms with Crippen LogP contribution >= 0.6 is 12.4 Å². The van der Waals surface area contributed by atoms with Gasteiger partial charge in [0.15, 0.2) is 0 Å². The Kier molecular flexibility index (Phi) is 6.28. The van der Waals surface area contributed by atoms with Crippen LogP contribution in [0.4, 0.5) is 0 Å². The summed E-state index contributed by atoms with van der Waals surface area (Å²) in [6.07, 6.45) is 1.04. The Bertz CT molecular complexity index is 662. The molecule has 8 heteroatoms. The molecule has 1 aromatic carbocycles. The summed E-state index contributed by atoms with van der Waals surface area (Å²) in [6, 6.07) is 9.21. The molecular weight excluding hydrogens is 328 g/mol. The van der Waals surface area contributed by atoms with Crippen LogP contribution in [0.2, 0.25) is 0 Å². The summed E-state index contributed by atoms with van der Waals surface area (Å²) in [6.45, 7) is 4.36. The van der Waals surface area contributed by atoms with Gasteiger partial charge in [-0.05, 0) is 38.1 Å². The summed E-state index contributed by atoms with van der Waals surface area (Å²) in [4.78, 5) is 15.9. The van der Waals surface area contributed by atoms with Crippen LogP contribution in [0.3, 0.4) is 0 Å². The summed E-state index contributed by atoms with van der Waals surface area (Å²) in [5, 5.41) is 15.7. The molecule has 1 saturated heterocycles. The second-order valence-corrected chi connectivity index (χ2v) is 5.97. The molecule has 24 heavy (non-hydrogen) atoms. The van der Waals surface area contributed by atoms with E-state index in [0.29, 0.717) is 11.7 Å². The number of halogens is 1. The summed E-state index contributed by atoms with van der Waals surface area (Å²) in [7, 11) is 1.94. The van der Waals surface area contributed by atoms with Crippen LogP contribution in [0.5, 0.6) is 0 Å². The number of hydrogen-bond donors (Lipinski definition) is 1. The average molecular weight is 351 g/mol. The fourth-order valence-corrected chi connectivity index (χ4v) is 2.94. The van der Waals surface area contributed by atoms with Crippen molar-refractivity contribution in [2.24, 2.45) is 5.92 Å². The third-order valence-corrected chi connectivity index (χ3v) is 4.25. The van der Waals surface area contributed by atoms with Crippen molar-refractivity contribution in [2.45, 2.75) is 19.4 Å². The molecule has 2 unspecified atom stereocenters. The van der Waals surface area contributed by atoms with Crippen LogP contribution in [0.1, 0.15) is 19.4 Å². The van der Waals surface area contributed by atoms with Crippen molar-refractivity contribution >= 4 is 18.3 Å². The van der Waals surface area contributed by atoms with Crippen LogP contribution < -0.4 is 5.32 Å². The SMILES string of the molecule is CNCC1CCN(C(=O)C(C)n2nnc(-c3ccccc3)n2)C1.Cl. The van der Waals surface area contributed by atoms with Gasteiger partial charge in [0.2, 0.25) is 11.7 Å². The molecule has 1 aliphatic heterocycles. The Morgan fingerprint density at radius 3 is 2.83 bits per heavy atom. The monoisotopic (exact) mass is 350 g/mol. The standard InChI is InChI=1S/C16H22N6O.ClH/c1-12(16(23)21-9-8-13(11-21)10-17-2)22-19-15(18-20-22)14-6-4-3-5-7-14;/h3-7,12-13,17H,8-11H2,1-2H3;1H. The predicted molar refractivity (Wildman–Crippen MR) is 93.8 cm³/mol. The van der Waals surface area contributed by atoms with Gasteiger partial charge in [-0.1, -0.05) is 30.3 Å². The predicted octanol–water partition coefficient (Wildman–Crippen LogP) is 1.39. The smallest absolute Gasteiger partial charge is 0.249 e. The number of nitrogens with one attached hydrogen (secondary N) is 1. The fraction of sp³-hybridized carbons (Fsp3) is 0.500. The normalized spacial score (nSPS) is 18.2. The van der Waals surface area contributed by atoms with Gasteiger partial charge in [-0.2, -0.15) is 4.80 Å². The van der Waals surface area contributed by atoms with Crippen LogP contribution in [0, 0.1) is 5.92 Å². The highest BCUT2D eigenvalue weighted by Gasteiger charge is 2.30. The number of rotatable bonds is 5. The van der Waals surface area contributed by atoms with E-state index in [0.717, 1.165) is 31.6 Å². The second-order valence-electron chi connectivity index (χ2n) is 5.97. The van der Waals surface area contributed by atoms with E-state index in [-0.39, 0.29) is 18.3 Å². The third kappa shape index (κ3) is 3.91. The first kappa shape index (κ1) is 18.4. The molecule has 0 saturated carbocycles. The summed E-state index contributed by atoms with van der Waals surface area (Å²) >= 11 is 0. The average Bonchev–Trinajstić information content (AvgIpc) is 3.24. The molecule has 7 nitrogen and oxygen atoms in total. The highest BCUT2D eigenvalue weighted by Crippen LogP contribution is 2.20. The van der Waals surface area contributed by atoms with Gasteiger partial charge in [-0.15, -0.1) is 22.6 Å². The number of likely N-dealkylation sites (tertiary alicyclic amines) is 1. The molecule has 1 fully saturated rings. The lowest BCUT2D eigenvalue weighted by molar-refractivity contribution is -0.134. The molecule has 0 spiro atoms. The van der Waals surface area contributed by atoms with E-state index in [1.807, 2.05) is 49.2 Å². The van der Waals surface area contributed by atoms with E-state index in [4.69, 9.17) is 0 Å². The van der Waals surface area contributed by atoms with E-state index in [1.165, 1.54) is 4.80 Å². The number of amides is 1. The minimum absolute atomic E-state index is 0. The Labute approximate surface area is 147 Å². The van der Waals surface area contributed by atoms with Crippen LogP contribution in [0.15, 0.2) is 30.3 Å². The van der Waals surface area contributed by atoms with Crippen LogP contribution in [-0.2, 0) is 4.79 Å². The zero-order chi connectivity index (χ0) is 16.2. The maximum absolute atomic E-state index is 12.6. The third-order valence-electron chi connectivity index (χ3n) is 4.25.